The van der Waals surface area contributed by atoms with Crippen LogP contribution in [0.5, 0.6) is 0 Å². The van der Waals surface area contributed by atoms with Gasteiger partial charge in [0.2, 0.25) is 0 Å². The fourth-order valence-corrected chi connectivity index (χ4v) is 1.95. The first-order valence-corrected chi connectivity index (χ1v) is 6.55. The Morgan fingerprint density at radius 3 is 2.50 bits per heavy atom. The van der Waals surface area contributed by atoms with E-state index in [9.17, 15) is 17.6 Å². The number of nitrogens with one attached hydrogen (secondary N) is 2. The molecule has 2 N–H and O–H groups in total. The minimum Gasteiger partial charge on any atom is -0.356 e. The van der Waals surface area contributed by atoms with Gasteiger partial charge in [0.15, 0.2) is 5.96 Å². The number of hydrogen-bond donors (Lipinski definition) is 2. The average molecular weight is 356 g/mol. The second kappa shape index (κ2) is 7.47. The topological polar surface area (TPSA) is 36.4 Å². The van der Waals surface area contributed by atoms with Gasteiger partial charge in [0.05, 0.1) is 6.42 Å². The van der Waals surface area contributed by atoms with E-state index in [1.165, 1.54) is 19.2 Å². The molecular formula is C12H14BrF4N3. The number of rotatable bonds is 4. The van der Waals surface area contributed by atoms with Crippen LogP contribution in [0.3, 0.4) is 0 Å². The fraction of sp³-hybridized carbons (Fsp3) is 0.417. The van der Waals surface area contributed by atoms with Crippen molar-refractivity contribution in [1.29, 1.82) is 0 Å². The van der Waals surface area contributed by atoms with Crippen molar-refractivity contribution in [3.8, 4) is 0 Å². The van der Waals surface area contributed by atoms with E-state index in [0.29, 0.717) is 10.0 Å². The first-order valence-electron chi connectivity index (χ1n) is 5.76. The van der Waals surface area contributed by atoms with E-state index in [-0.39, 0.29) is 19.0 Å². The second-order valence-corrected chi connectivity index (χ2v) is 4.91. The molecule has 1 aromatic carbocycles. The van der Waals surface area contributed by atoms with Crippen molar-refractivity contribution >= 4 is 21.9 Å². The molecule has 20 heavy (non-hydrogen) atoms. The average Bonchev–Trinajstić information content (AvgIpc) is 2.30. The molecule has 0 fully saturated rings. The van der Waals surface area contributed by atoms with E-state index in [0.717, 1.165) is 0 Å². The molecule has 0 heterocycles. The Kier molecular flexibility index (Phi) is 6.25. The van der Waals surface area contributed by atoms with Crippen LogP contribution in [0.25, 0.3) is 0 Å². The van der Waals surface area contributed by atoms with Crippen molar-refractivity contribution in [3.63, 3.8) is 0 Å². The molecular weight excluding hydrogens is 342 g/mol. The largest absolute Gasteiger partial charge is 0.390 e. The van der Waals surface area contributed by atoms with Crippen molar-refractivity contribution in [2.75, 3.05) is 13.6 Å². The SMILES string of the molecule is CN=C(NCCC(F)(F)F)NCc1cc(F)cc(Br)c1. The minimum atomic E-state index is -4.21. The number of halogens is 5. The summed E-state index contributed by atoms with van der Waals surface area (Å²) in [6.45, 7) is -0.0158. The molecule has 0 aliphatic carbocycles. The lowest BCUT2D eigenvalue weighted by molar-refractivity contribution is -0.132. The van der Waals surface area contributed by atoms with Crippen LogP contribution < -0.4 is 10.6 Å². The van der Waals surface area contributed by atoms with Gasteiger partial charge in [-0.05, 0) is 23.8 Å². The molecule has 0 bridgehead atoms. The Balaban J connectivity index is 2.45. The molecule has 0 atom stereocenters. The summed E-state index contributed by atoms with van der Waals surface area (Å²) in [5, 5.41) is 5.35. The first-order chi connectivity index (χ1) is 9.30. The van der Waals surface area contributed by atoms with E-state index in [4.69, 9.17) is 0 Å². The number of hydrogen-bond acceptors (Lipinski definition) is 1. The minimum absolute atomic E-state index is 0.231. The zero-order valence-corrected chi connectivity index (χ0v) is 12.3. The first kappa shape index (κ1) is 16.7. The summed E-state index contributed by atoms with van der Waals surface area (Å²) < 4.78 is 49.7. The number of nitrogens with zero attached hydrogens (tertiary/aromatic N) is 1. The van der Waals surface area contributed by atoms with Crippen molar-refractivity contribution in [1.82, 2.24) is 10.6 Å². The normalized spacial score (nSPS) is 12.4. The quantitative estimate of drug-likeness (QED) is 0.494. The Hall–Kier alpha value is -1.31. The molecule has 0 radical (unpaired) electrons. The summed E-state index contributed by atoms with van der Waals surface area (Å²) in [4.78, 5) is 3.79. The van der Waals surface area contributed by atoms with E-state index < -0.39 is 18.4 Å². The van der Waals surface area contributed by atoms with Gasteiger partial charge in [-0.1, -0.05) is 15.9 Å². The van der Waals surface area contributed by atoms with Gasteiger partial charge < -0.3 is 10.6 Å². The maximum atomic E-state index is 13.1. The molecule has 0 saturated carbocycles. The fourth-order valence-electron chi connectivity index (χ4n) is 1.44. The van der Waals surface area contributed by atoms with E-state index in [2.05, 4.69) is 31.6 Å². The predicted molar refractivity (Wildman–Crippen MR) is 73.0 cm³/mol. The lowest BCUT2D eigenvalue weighted by Gasteiger charge is -2.13. The molecule has 0 aromatic heterocycles. The Bertz CT molecular complexity index is 454. The Morgan fingerprint density at radius 2 is 1.95 bits per heavy atom. The third-order valence-electron chi connectivity index (χ3n) is 2.31. The van der Waals surface area contributed by atoms with Crippen LogP contribution in [0.15, 0.2) is 27.7 Å². The zero-order valence-electron chi connectivity index (χ0n) is 10.7. The number of aliphatic imine (C=N–C) groups is 1. The highest BCUT2D eigenvalue weighted by Crippen LogP contribution is 2.18. The molecule has 3 nitrogen and oxygen atoms in total. The summed E-state index contributed by atoms with van der Waals surface area (Å²) in [5.41, 5.74) is 0.649. The highest BCUT2D eigenvalue weighted by Gasteiger charge is 2.26. The zero-order chi connectivity index (χ0) is 15.2. The highest BCUT2D eigenvalue weighted by atomic mass is 79.9. The maximum Gasteiger partial charge on any atom is 0.390 e. The van der Waals surface area contributed by atoms with Crippen LogP contribution in [0.4, 0.5) is 17.6 Å². The smallest absolute Gasteiger partial charge is 0.356 e. The number of alkyl halides is 3. The number of benzene rings is 1. The summed E-state index contributed by atoms with van der Waals surface area (Å²) in [6.07, 6.45) is -5.15. The van der Waals surface area contributed by atoms with E-state index >= 15 is 0 Å². The van der Waals surface area contributed by atoms with Crippen molar-refractivity contribution in [2.45, 2.75) is 19.1 Å². The Labute approximate surface area is 122 Å². The third-order valence-corrected chi connectivity index (χ3v) is 2.76. The van der Waals surface area contributed by atoms with Gasteiger partial charge in [0.1, 0.15) is 5.82 Å². The third kappa shape index (κ3) is 6.74. The lowest BCUT2D eigenvalue weighted by Crippen LogP contribution is -2.38. The molecule has 1 aromatic rings. The van der Waals surface area contributed by atoms with Crippen LogP contribution in [0.1, 0.15) is 12.0 Å². The molecule has 0 unspecified atom stereocenters. The summed E-state index contributed by atoms with van der Waals surface area (Å²) in [7, 11) is 1.45. The van der Waals surface area contributed by atoms with E-state index in [1.54, 1.807) is 6.07 Å². The van der Waals surface area contributed by atoms with Gasteiger partial charge in [0, 0.05) is 24.6 Å². The molecule has 8 heteroatoms. The predicted octanol–water partition coefficient (Wildman–Crippen LogP) is 3.21. The highest BCUT2D eigenvalue weighted by molar-refractivity contribution is 9.10. The molecule has 112 valence electrons. The molecule has 0 spiro atoms. The van der Waals surface area contributed by atoms with Gasteiger partial charge in [-0.2, -0.15) is 13.2 Å². The molecule has 0 aliphatic rings. The molecule has 0 aliphatic heterocycles. The molecule has 0 amide bonds. The van der Waals surface area contributed by atoms with Crippen LogP contribution in [-0.2, 0) is 6.54 Å². The van der Waals surface area contributed by atoms with Crippen LogP contribution in [-0.4, -0.2) is 25.7 Å². The maximum absolute atomic E-state index is 13.1. The van der Waals surface area contributed by atoms with Gasteiger partial charge in [-0.3, -0.25) is 4.99 Å². The van der Waals surface area contributed by atoms with Crippen LogP contribution in [0.2, 0.25) is 0 Å². The van der Waals surface area contributed by atoms with Crippen LogP contribution in [0, 0.1) is 5.82 Å². The lowest BCUT2D eigenvalue weighted by atomic mass is 10.2. The van der Waals surface area contributed by atoms with Crippen LogP contribution >= 0.6 is 15.9 Å². The summed E-state index contributed by atoms with van der Waals surface area (Å²) in [6, 6.07) is 4.36. The second-order valence-electron chi connectivity index (χ2n) is 4.00. The van der Waals surface area contributed by atoms with E-state index in [1.807, 2.05) is 0 Å². The van der Waals surface area contributed by atoms with Gasteiger partial charge in [-0.15, -0.1) is 0 Å². The van der Waals surface area contributed by atoms with Crippen molar-refractivity contribution in [2.24, 2.45) is 4.99 Å². The Morgan fingerprint density at radius 1 is 1.25 bits per heavy atom. The number of guanidine groups is 1. The summed E-state index contributed by atoms with van der Waals surface area (Å²) >= 11 is 3.16. The monoisotopic (exact) mass is 355 g/mol. The van der Waals surface area contributed by atoms with Crippen molar-refractivity contribution in [3.05, 3.63) is 34.1 Å². The standard InChI is InChI=1S/C12H14BrF4N3/c1-18-11(19-3-2-12(15,16)17)20-7-8-4-9(13)6-10(14)5-8/h4-6H,2-3,7H2,1H3,(H2,18,19,20). The van der Waals surface area contributed by atoms with Gasteiger partial charge >= 0.3 is 6.18 Å². The van der Waals surface area contributed by atoms with Crippen molar-refractivity contribution < 1.29 is 17.6 Å². The van der Waals surface area contributed by atoms with Gasteiger partial charge in [0.25, 0.3) is 0 Å². The van der Waals surface area contributed by atoms with Gasteiger partial charge in [-0.25, -0.2) is 4.39 Å². The molecule has 0 saturated heterocycles. The molecule has 1 rings (SSSR count). The summed E-state index contributed by atoms with van der Waals surface area (Å²) in [5.74, 6) is -0.161.